The fourth-order valence-electron chi connectivity index (χ4n) is 2.33. The lowest BCUT2D eigenvalue weighted by atomic mass is 9.97. The SMILES string of the molecule is Cc1occc1C(=O)OCC(=O)N1CCC[C@@H](C(N)=O)C1. The number of piperidine rings is 1. The average Bonchev–Trinajstić information content (AvgIpc) is 2.90. The molecule has 0 aromatic carbocycles. The zero-order chi connectivity index (χ0) is 15.4. The molecular formula is C14H18N2O5. The van der Waals surface area contributed by atoms with E-state index in [0.717, 1.165) is 0 Å². The number of amides is 2. The molecule has 1 aromatic rings. The summed E-state index contributed by atoms with van der Waals surface area (Å²) in [5, 5.41) is 0. The second-order valence-corrected chi connectivity index (χ2v) is 5.05. The standard InChI is InChI=1S/C14H18N2O5/c1-9-11(4-6-20-9)14(19)21-8-12(17)16-5-2-3-10(7-16)13(15)18/h4,6,10H,2-3,5,7-8H2,1H3,(H2,15,18)/t10-/m1/s1. The number of primary amides is 1. The molecule has 1 aromatic heterocycles. The number of carbonyl (C=O) groups excluding carboxylic acids is 3. The molecule has 1 fully saturated rings. The Morgan fingerprint density at radius 3 is 2.86 bits per heavy atom. The van der Waals surface area contributed by atoms with Crippen LogP contribution < -0.4 is 5.73 Å². The molecule has 0 unspecified atom stereocenters. The smallest absolute Gasteiger partial charge is 0.342 e. The summed E-state index contributed by atoms with van der Waals surface area (Å²) in [7, 11) is 0. The van der Waals surface area contributed by atoms with Gasteiger partial charge in [-0.3, -0.25) is 9.59 Å². The predicted molar refractivity (Wildman–Crippen MR) is 72.2 cm³/mol. The van der Waals surface area contributed by atoms with Crippen molar-refractivity contribution in [1.29, 1.82) is 0 Å². The lowest BCUT2D eigenvalue weighted by molar-refractivity contribution is -0.137. The summed E-state index contributed by atoms with van der Waals surface area (Å²) in [5.74, 6) is -1.21. The van der Waals surface area contributed by atoms with Crippen molar-refractivity contribution >= 4 is 17.8 Å². The number of aryl methyl sites for hydroxylation is 1. The van der Waals surface area contributed by atoms with Crippen LogP contribution in [0, 0.1) is 12.8 Å². The van der Waals surface area contributed by atoms with Gasteiger partial charge < -0.3 is 19.8 Å². The number of hydrogen-bond donors (Lipinski definition) is 1. The van der Waals surface area contributed by atoms with Gasteiger partial charge in [0, 0.05) is 13.1 Å². The third-order valence-electron chi connectivity index (χ3n) is 3.58. The number of nitrogens with two attached hydrogens (primary N) is 1. The largest absolute Gasteiger partial charge is 0.469 e. The van der Waals surface area contributed by atoms with Gasteiger partial charge in [0.2, 0.25) is 5.91 Å². The molecule has 114 valence electrons. The van der Waals surface area contributed by atoms with Gasteiger partial charge in [-0.15, -0.1) is 0 Å². The summed E-state index contributed by atoms with van der Waals surface area (Å²) in [6, 6.07) is 1.49. The molecule has 0 spiro atoms. The van der Waals surface area contributed by atoms with Crippen molar-refractivity contribution in [3.8, 4) is 0 Å². The van der Waals surface area contributed by atoms with Gasteiger partial charge in [0.1, 0.15) is 11.3 Å². The highest BCUT2D eigenvalue weighted by Gasteiger charge is 2.27. The van der Waals surface area contributed by atoms with Crippen LogP contribution >= 0.6 is 0 Å². The number of likely N-dealkylation sites (tertiary alicyclic amines) is 1. The Kier molecular flexibility index (Phi) is 4.62. The van der Waals surface area contributed by atoms with Gasteiger partial charge in [0.15, 0.2) is 6.61 Å². The van der Waals surface area contributed by atoms with Crippen LogP contribution in [0.2, 0.25) is 0 Å². The van der Waals surface area contributed by atoms with Gasteiger partial charge in [0.05, 0.1) is 12.2 Å². The Morgan fingerprint density at radius 1 is 1.48 bits per heavy atom. The molecule has 1 atom stereocenters. The first kappa shape index (κ1) is 15.1. The van der Waals surface area contributed by atoms with Gasteiger partial charge in [-0.25, -0.2) is 4.79 Å². The minimum absolute atomic E-state index is 0.288. The molecule has 0 radical (unpaired) electrons. The van der Waals surface area contributed by atoms with Crippen molar-refractivity contribution in [2.45, 2.75) is 19.8 Å². The molecule has 1 aliphatic rings. The van der Waals surface area contributed by atoms with Gasteiger partial charge in [0.25, 0.3) is 5.91 Å². The van der Waals surface area contributed by atoms with Crippen molar-refractivity contribution in [3.05, 3.63) is 23.7 Å². The van der Waals surface area contributed by atoms with Gasteiger partial charge in [-0.2, -0.15) is 0 Å². The van der Waals surface area contributed by atoms with Gasteiger partial charge >= 0.3 is 5.97 Å². The van der Waals surface area contributed by atoms with E-state index in [0.29, 0.717) is 30.7 Å². The van der Waals surface area contributed by atoms with E-state index in [1.54, 1.807) is 6.92 Å². The third-order valence-corrected chi connectivity index (χ3v) is 3.58. The molecule has 1 saturated heterocycles. The lowest BCUT2D eigenvalue weighted by Gasteiger charge is -2.31. The Morgan fingerprint density at radius 2 is 2.24 bits per heavy atom. The zero-order valence-corrected chi connectivity index (χ0v) is 11.8. The molecule has 2 N–H and O–H groups in total. The molecule has 7 nitrogen and oxygen atoms in total. The molecule has 2 heterocycles. The number of esters is 1. The molecule has 0 saturated carbocycles. The second kappa shape index (κ2) is 6.43. The topological polar surface area (TPSA) is 103 Å². The summed E-state index contributed by atoms with van der Waals surface area (Å²) in [4.78, 5) is 36.4. The minimum atomic E-state index is -0.599. The third kappa shape index (κ3) is 3.62. The monoisotopic (exact) mass is 294 g/mol. The number of rotatable bonds is 4. The van der Waals surface area contributed by atoms with Crippen LogP contribution in [0.1, 0.15) is 29.0 Å². The molecule has 7 heteroatoms. The Balaban J connectivity index is 1.86. The van der Waals surface area contributed by atoms with Crippen molar-refractivity contribution in [2.75, 3.05) is 19.7 Å². The van der Waals surface area contributed by atoms with E-state index in [2.05, 4.69) is 0 Å². The van der Waals surface area contributed by atoms with Crippen LogP contribution in [0.5, 0.6) is 0 Å². The molecule has 0 aliphatic carbocycles. The first-order chi connectivity index (χ1) is 9.99. The highest BCUT2D eigenvalue weighted by Crippen LogP contribution is 2.16. The highest BCUT2D eigenvalue weighted by atomic mass is 16.5. The number of hydrogen-bond acceptors (Lipinski definition) is 5. The van der Waals surface area contributed by atoms with E-state index in [-0.39, 0.29) is 25.0 Å². The summed E-state index contributed by atoms with van der Waals surface area (Å²) in [6.07, 6.45) is 2.79. The highest BCUT2D eigenvalue weighted by molar-refractivity contribution is 5.92. The summed E-state index contributed by atoms with van der Waals surface area (Å²) in [5.41, 5.74) is 5.56. The maximum atomic E-state index is 12.0. The second-order valence-electron chi connectivity index (χ2n) is 5.05. The van der Waals surface area contributed by atoms with E-state index in [1.165, 1.54) is 17.2 Å². The van der Waals surface area contributed by atoms with Gasteiger partial charge in [-0.05, 0) is 25.8 Å². The molecule has 21 heavy (non-hydrogen) atoms. The van der Waals surface area contributed by atoms with Crippen molar-refractivity contribution in [1.82, 2.24) is 4.90 Å². The number of carbonyl (C=O) groups is 3. The predicted octanol–water partition coefficient (Wildman–Crippen LogP) is 0.469. The normalized spacial score (nSPS) is 18.3. The van der Waals surface area contributed by atoms with E-state index in [9.17, 15) is 14.4 Å². The zero-order valence-electron chi connectivity index (χ0n) is 11.8. The van der Waals surface area contributed by atoms with Crippen LogP contribution in [0.25, 0.3) is 0 Å². The van der Waals surface area contributed by atoms with E-state index >= 15 is 0 Å². The number of ether oxygens (including phenoxy) is 1. The van der Waals surface area contributed by atoms with Crippen molar-refractivity contribution in [3.63, 3.8) is 0 Å². The van der Waals surface area contributed by atoms with Crippen LogP contribution in [-0.2, 0) is 14.3 Å². The Bertz CT molecular complexity index is 551. The van der Waals surface area contributed by atoms with E-state index < -0.39 is 11.9 Å². The van der Waals surface area contributed by atoms with Crippen LogP contribution in [0.15, 0.2) is 16.7 Å². The summed E-state index contributed by atoms with van der Waals surface area (Å²) in [6.45, 7) is 2.12. The maximum Gasteiger partial charge on any atom is 0.342 e. The molecular weight excluding hydrogens is 276 g/mol. The van der Waals surface area contributed by atoms with Crippen LogP contribution in [0.4, 0.5) is 0 Å². The maximum absolute atomic E-state index is 12.0. The number of nitrogens with zero attached hydrogens (tertiary/aromatic N) is 1. The summed E-state index contributed by atoms with van der Waals surface area (Å²) >= 11 is 0. The minimum Gasteiger partial charge on any atom is -0.469 e. The molecule has 1 aliphatic heterocycles. The fourth-order valence-corrected chi connectivity index (χ4v) is 2.33. The van der Waals surface area contributed by atoms with E-state index in [1.807, 2.05) is 0 Å². The number of furan rings is 1. The van der Waals surface area contributed by atoms with Crippen LogP contribution in [-0.4, -0.2) is 42.4 Å². The van der Waals surface area contributed by atoms with Crippen LogP contribution in [0.3, 0.4) is 0 Å². The molecule has 0 bridgehead atoms. The quantitative estimate of drug-likeness (QED) is 0.813. The summed E-state index contributed by atoms with van der Waals surface area (Å²) < 4.78 is 9.97. The Hall–Kier alpha value is -2.31. The molecule has 2 amide bonds. The Labute approximate surface area is 122 Å². The first-order valence-electron chi connectivity index (χ1n) is 6.77. The van der Waals surface area contributed by atoms with Crippen molar-refractivity contribution in [2.24, 2.45) is 11.7 Å². The van der Waals surface area contributed by atoms with E-state index in [4.69, 9.17) is 14.9 Å². The van der Waals surface area contributed by atoms with Crippen molar-refractivity contribution < 1.29 is 23.5 Å². The fraction of sp³-hybridized carbons (Fsp3) is 0.500. The average molecular weight is 294 g/mol. The first-order valence-corrected chi connectivity index (χ1v) is 6.77. The van der Waals surface area contributed by atoms with Gasteiger partial charge in [-0.1, -0.05) is 0 Å². The molecule has 2 rings (SSSR count). The lowest BCUT2D eigenvalue weighted by Crippen LogP contribution is -2.45.